The summed E-state index contributed by atoms with van der Waals surface area (Å²) >= 11 is 0. The second-order valence-corrected chi connectivity index (χ2v) is 15.5. The smallest absolute Gasteiger partial charge is 0.346 e. The molecule has 5 nitrogen and oxygen atoms in total. The van der Waals surface area contributed by atoms with Crippen LogP contribution in [0.3, 0.4) is 0 Å². The van der Waals surface area contributed by atoms with Crippen LogP contribution in [0.15, 0.2) is 126 Å². The molecule has 7 rings (SSSR count). The molecule has 8 heteroatoms. The summed E-state index contributed by atoms with van der Waals surface area (Å²) in [5.41, 5.74) is 8.44. The fraction of sp³-hybridized carbons (Fsp3) is 0.250. The number of nitrogens with zero attached hydrogens (tertiary/aromatic N) is 1. The number of carbonyl (C=O) groups is 2. The Bertz CT molecular complexity index is 2540. The number of hydrogen-bond donors (Lipinski definition) is 0. The third-order valence-corrected chi connectivity index (χ3v) is 11.1. The number of ether oxygens (including phenoxy) is 2. The number of aryl methyl sites for hydroxylation is 3. The highest BCUT2D eigenvalue weighted by atomic mass is 19.1. The van der Waals surface area contributed by atoms with Crippen LogP contribution in [0.25, 0.3) is 16.7 Å². The first-order valence-electron chi connectivity index (χ1n) is 20.7. The number of unbranched alkanes of at least 4 members (excludes halogenated alkanes) is 6. The lowest BCUT2D eigenvalue weighted by atomic mass is 9.96. The van der Waals surface area contributed by atoms with Crippen molar-refractivity contribution in [2.75, 3.05) is 0 Å². The van der Waals surface area contributed by atoms with Gasteiger partial charge in [0.05, 0.1) is 22.8 Å². The van der Waals surface area contributed by atoms with Crippen molar-refractivity contribution in [1.29, 1.82) is 5.26 Å². The first kappa shape index (κ1) is 41.7. The van der Waals surface area contributed by atoms with Gasteiger partial charge < -0.3 is 9.47 Å². The summed E-state index contributed by atoms with van der Waals surface area (Å²) in [4.78, 5) is 25.7. The molecule has 0 aromatic heterocycles. The molecule has 2 aliphatic carbocycles. The number of nitriles is 1. The highest BCUT2D eigenvalue weighted by Crippen LogP contribution is 2.37. The van der Waals surface area contributed by atoms with Crippen LogP contribution in [0.5, 0.6) is 11.5 Å². The second kappa shape index (κ2) is 19.5. The topological polar surface area (TPSA) is 76.4 Å². The number of hydrogen-bond acceptors (Lipinski definition) is 5. The fourth-order valence-corrected chi connectivity index (χ4v) is 7.56. The standard InChI is InChI=1S/C52H46F3NO4/c1-34-29-35(13-25-44(34)51(57)59-42-23-27-45(49(54)31-42)40-15-11-37(33-56)12-16-40)9-7-5-3-2-4-6-8-10-36-14-26-47(48(53)30-36)52(58)60-43-24-28-46(50(55)32-43)41-21-19-39(20-22-41)38-17-18-38/h11-16,19,21-32H,2-10,17-18,20H2,1H3. The first-order valence-corrected chi connectivity index (χ1v) is 20.7. The molecule has 0 saturated heterocycles. The van der Waals surface area contributed by atoms with Gasteiger partial charge in [0, 0.05) is 23.3 Å². The Labute approximate surface area is 349 Å². The molecule has 1 fully saturated rings. The molecule has 0 unspecified atom stereocenters. The number of benzene rings is 5. The van der Waals surface area contributed by atoms with E-state index in [1.165, 1.54) is 41.5 Å². The van der Waals surface area contributed by atoms with Crippen LogP contribution in [0.2, 0.25) is 0 Å². The van der Waals surface area contributed by atoms with Gasteiger partial charge in [-0.1, -0.05) is 86.2 Å². The monoisotopic (exact) mass is 805 g/mol. The van der Waals surface area contributed by atoms with Gasteiger partial charge in [0.2, 0.25) is 0 Å². The summed E-state index contributed by atoms with van der Waals surface area (Å²) in [6, 6.07) is 27.5. The molecule has 0 radical (unpaired) electrons. The van der Waals surface area contributed by atoms with Gasteiger partial charge in [-0.3, -0.25) is 0 Å². The minimum Gasteiger partial charge on any atom is -0.423 e. The first-order chi connectivity index (χ1) is 29.1. The van der Waals surface area contributed by atoms with Crippen LogP contribution in [-0.4, -0.2) is 11.9 Å². The van der Waals surface area contributed by atoms with E-state index in [9.17, 15) is 22.8 Å². The van der Waals surface area contributed by atoms with Gasteiger partial charge in [0.15, 0.2) is 0 Å². The van der Waals surface area contributed by atoms with Gasteiger partial charge in [0.25, 0.3) is 0 Å². The molecule has 0 bridgehead atoms. The molecule has 5 aromatic rings. The van der Waals surface area contributed by atoms with Crippen LogP contribution in [0.4, 0.5) is 13.2 Å². The molecular formula is C52H46F3NO4. The Balaban J connectivity index is 0.775. The average Bonchev–Trinajstić information content (AvgIpc) is 4.10. The summed E-state index contributed by atoms with van der Waals surface area (Å²) in [6.45, 7) is 1.87. The van der Waals surface area contributed by atoms with Gasteiger partial charge in [-0.05, 0) is 140 Å². The van der Waals surface area contributed by atoms with E-state index < -0.39 is 29.4 Å². The van der Waals surface area contributed by atoms with Crippen molar-refractivity contribution in [2.24, 2.45) is 0 Å². The number of rotatable bonds is 16. The summed E-state index contributed by atoms with van der Waals surface area (Å²) in [5, 5.41) is 9.00. The largest absolute Gasteiger partial charge is 0.423 e. The molecule has 1 saturated carbocycles. The zero-order valence-corrected chi connectivity index (χ0v) is 33.7. The molecule has 0 spiro atoms. The Morgan fingerprint density at radius 2 is 1.18 bits per heavy atom. The highest BCUT2D eigenvalue weighted by molar-refractivity contribution is 5.93. The van der Waals surface area contributed by atoms with Crippen LogP contribution in [-0.2, 0) is 12.8 Å². The maximum Gasteiger partial charge on any atom is 0.346 e. The van der Waals surface area contributed by atoms with Gasteiger partial charge in [-0.15, -0.1) is 0 Å². The van der Waals surface area contributed by atoms with Crippen molar-refractivity contribution in [3.05, 3.63) is 183 Å². The van der Waals surface area contributed by atoms with Crippen molar-refractivity contribution < 1.29 is 32.2 Å². The molecule has 304 valence electrons. The quantitative estimate of drug-likeness (QED) is 0.0564. The maximum absolute atomic E-state index is 15.0. The predicted molar refractivity (Wildman–Crippen MR) is 228 cm³/mol. The lowest BCUT2D eigenvalue weighted by Gasteiger charge is -2.12. The van der Waals surface area contributed by atoms with Crippen LogP contribution in [0.1, 0.15) is 113 Å². The molecule has 0 N–H and O–H groups in total. The van der Waals surface area contributed by atoms with E-state index in [1.807, 2.05) is 43.4 Å². The minimum atomic E-state index is -0.865. The Kier molecular flexibility index (Phi) is 13.6. The Morgan fingerprint density at radius 3 is 1.72 bits per heavy atom. The zero-order chi connectivity index (χ0) is 42.0. The van der Waals surface area contributed by atoms with Gasteiger partial charge >= 0.3 is 11.9 Å². The molecule has 0 amide bonds. The molecule has 60 heavy (non-hydrogen) atoms. The van der Waals surface area contributed by atoms with Crippen molar-refractivity contribution in [3.8, 4) is 28.7 Å². The number of esters is 2. The van der Waals surface area contributed by atoms with E-state index in [-0.39, 0.29) is 17.1 Å². The zero-order valence-electron chi connectivity index (χ0n) is 33.7. The summed E-state index contributed by atoms with van der Waals surface area (Å²) in [5.74, 6) is -2.96. The third-order valence-electron chi connectivity index (χ3n) is 11.1. The number of carbonyl (C=O) groups excluding carboxylic acids is 2. The molecule has 5 aromatic carbocycles. The van der Waals surface area contributed by atoms with Crippen molar-refractivity contribution >= 4 is 17.5 Å². The van der Waals surface area contributed by atoms with Crippen molar-refractivity contribution in [1.82, 2.24) is 0 Å². The number of allylic oxidation sites excluding steroid dienone is 6. The van der Waals surface area contributed by atoms with Crippen LogP contribution in [0, 0.1) is 35.7 Å². The van der Waals surface area contributed by atoms with Crippen molar-refractivity contribution in [3.63, 3.8) is 0 Å². The minimum absolute atomic E-state index is 0.0248. The Hall–Kier alpha value is -6.46. The second-order valence-electron chi connectivity index (χ2n) is 15.5. The fourth-order valence-electron chi connectivity index (χ4n) is 7.56. The van der Waals surface area contributed by atoms with Crippen LogP contribution < -0.4 is 9.47 Å². The molecule has 2 aliphatic rings. The van der Waals surface area contributed by atoms with Gasteiger partial charge in [0.1, 0.15) is 29.0 Å². The average molecular weight is 806 g/mol. The lowest BCUT2D eigenvalue weighted by Crippen LogP contribution is -2.11. The predicted octanol–water partition coefficient (Wildman–Crippen LogP) is 13.3. The summed E-state index contributed by atoms with van der Waals surface area (Å²) in [7, 11) is 0. The number of halogens is 3. The van der Waals surface area contributed by atoms with E-state index >= 15 is 0 Å². The molecule has 0 atom stereocenters. The molecular weight excluding hydrogens is 760 g/mol. The van der Waals surface area contributed by atoms with E-state index in [4.69, 9.17) is 14.7 Å². The lowest BCUT2D eigenvalue weighted by molar-refractivity contribution is 0.0721. The SMILES string of the molecule is Cc1cc(CCCCCCCCCc2ccc(C(=O)Oc3ccc(C4=CCC(=C5CC5)C=C4)c(F)c3)c(F)c2)ccc1C(=O)Oc1ccc(-c2ccc(C#N)cc2)c(F)c1. The van der Waals surface area contributed by atoms with Gasteiger partial charge in [-0.25, -0.2) is 22.8 Å². The normalized spacial score (nSPS) is 13.2. The van der Waals surface area contributed by atoms with Crippen LogP contribution >= 0.6 is 0 Å². The maximum atomic E-state index is 15.0. The van der Waals surface area contributed by atoms with E-state index in [0.29, 0.717) is 34.2 Å². The van der Waals surface area contributed by atoms with E-state index in [0.717, 1.165) is 92.9 Å². The van der Waals surface area contributed by atoms with E-state index in [2.05, 4.69) is 0 Å². The third kappa shape index (κ3) is 10.8. The molecule has 0 heterocycles. The summed E-state index contributed by atoms with van der Waals surface area (Å²) in [6.07, 6.45) is 18.0. The summed E-state index contributed by atoms with van der Waals surface area (Å²) < 4.78 is 55.7. The molecule has 0 aliphatic heterocycles. The van der Waals surface area contributed by atoms with Gasteiger partial charge in [-0.2, -0.15) is 5.26 Å². The van der Waals surface area contributed by atoms with Crippen molar-refractivity contribution in [2.45, 2.75) is 84.0 Å². The highest BCUT2D eigenvalue weighted by Gasteiger charge is 2.20. The van der Waals surface area contributed by atoms with E-state index in [1.54, 1.807) is 54.6 Å². The Morgan fingerprint density at radius 1 is 0.617 bits per heavy atom.